The molecule has 13 heteroatoms. The lowest BCUT2D eigenvalue weighted by atomic mass is 10.1. The first-order valence-corrected chi connectivity index (χ1v) is 12.2. The van der Waals surface area contributed by atoms with E-state index in [2.05, 4.69) is 29.3 Å². The number of ether oxygens (including phenoxy) is 1. The third kappa shape index (κ3) is 7.99. The summed E-state index contributed by atoms with van der Waals surface area (Å²) in [5.74, 6) is -0.523. The SMILES string of the molecule is Cc1ccccc1.NC(CO)c1nnc(-c2ccc(OCc3ccc(C(F)(F)F)s3)c(C(F)(F)F)c2)s1. The van der Waals surface area contributed by atoms with Crippen LogP contribution in [0, 0.1) is 6.92 Å². The number of nitrogens with zero attached hydrogens (tertiary/aromatic N) is 2. The number of halogens is 6. The van der Waals surface area contributed by atoms with Crippen molar-refractivity contribution in [2.45, 2.75) is 31.9 Å². The van der Waals surface area contributed by atoms with Crippen molar-refractivity contribution in [3.63, 3.8) is 0 Å². The summed E-state index contributed by atoms with van der Waals surface area (Å²) in [4.78, 5) is -0.730. The maximum absolute atomic E-state index is 13.5. The lowest BCUT2D eigenvalue weighted by Crippen LogP contribution is -2.13. The van der Waals surface area contributed by atoms with Crippen molar-refractivity contribution in [1.29, 1.82) is 0 Å². The quantitative estimate of drug-likeness (QED) is 0.251. The van der Waals surface area contributed by atoms with Crippen LogP contribution in [0.1, 0.15) is 31.9 Å². The summed E-state index contributed by atoms with van der Waals surface area (Å²) in [6, 6.07) is 14.7. The Morgan fingerprint density at radius 2 is 1.62 bits per heavy atom. The Morgan fingerprint density at radius 1 is 0.919 bits per heavy atom. The van der Waals surface area contributed by atoms with Gasteiger partial charge in [0.25, 0.3) is 0 Å². The molecule has 0 bridgehead atoms. The van der Waals surface area contributed by atoms with Crippen molar-refractivity contribution in [2.75, 3.05) is 6.61 Å². The Labute approximate surface area is 216 Å². The fourth-order valence-corrected chi connectivity index (χ4v) is 4.50. The largest absolute Gasteiger partial charge is 0.487 e. The van der Waals surface area contributed by atoms with Crippen molar-refractivity contribution < 1.29 is 36.2 Å². The first-order valence-electron chi connectivity index (χ1n) is 10.6. The summed E-state index contributed by atoms with van der Waals surface area (Å²) >= 11 is 1.34. The average molecular weight is 562 g/mol. The molecule has 37 heavy (non-hydrogen) atoms. The van der Waals surface area contributed by atoms with Crippen molar-refractivity contribution in [2.24, 2.45) is 5.73 Å². The molecule has 0 aliphatic heterocycles. The fraction of sp³-hybridized carbons (Fsp3) is 0.250. The van der Waals surface area contributed by atoms with Gasteiger partial charge in [0.1, 0.15) is 27.2 Å². The molecule has 2 aromatic carbocycles. The van der Waals surface area contributed by atoms with E-state index in [9.17, 15) is 26.3 Å². The van der Waals surface area contributed by atoms with Crippen LogP contribution in [0.3, 0.4) is 0 Å². The summed E-state index contributed by atoms with van der Waals surface area (Å²) in [7, 11) is 0. The second-order valence-electron chi connectivity index (χ2n) is 7.65. The van der Waals surface area contributed by atoms with Gasteiger partial charge in [-0.15, -0.1) is 21.5 Å². The number of alkyl halides is 6. The number of hydrogen-bond acceptors (Lipinski definition) is 7. The van der Waals surface area contributed by atoms with Crippen LogP contribution >= 0.6 is 22.7 Å². The maximum atomic E-state index is 13.5. The van der Waals surface area contributed by atoms with Crippen LogP contribution in [-0.2, 0) is 19.0 Å². The van der Waals surface area contributed by atoms with Gasteiger partial charge in [-0.05, 0) is 37.3 Å². The van der Waals surface area contributed by atoms with Crippen LogP contribution in [0.15, 0.2) is 60.7 Å². The van der Waals surface area contributed by atoms with Gasteiger partial charge >= 0.3 is 12.4 Å². The zero-order chi connectivity index (χ0) is 27.2. The van der Waals surface area contributed by atoms with Gasteiger partial charge in [-0.1, -0.05) is 47.2 Å². The molecule has 5 nitrogen and oxygen atoms in total. The number of aromatic nitrogens is 2. The third-order valence-corrected chi connectivity index (χ3v) is 6.95. The molecule has 0 saturated carbocycles. The summed E-state index contributed by atoms with van der Waals surface area (Å²) in [5, 5.41) is 17.0. The normalized spacial score (nSPS) is 12.6. The van der Waals surface area contributed by atoms with E-state index in [0.717, 1.165) is 35.6 Å². The monoisotopic (exact) mass is 561 g/mol. The Balaban J connectivity index is 0.000000468. The van der Waals surface area contributed by atoms with Crippen molar-refractivity contribution in [1.82, 2.24) is 10.2 Å². The van der Waals surface area contributed by atoms with Crippen LogP contribution in [0.25, 0.3) is 10.6 Å². The van der Waals surface area contributed by atoms with Gasteiger partial charge in [-0.25, -0.2) is 0 Å². The number of hydrogen-bond donors (Lipinski definition) is 2. The smallest absolute Gasteiger partial charge is 0.425 e. The lowest BCUT2D eigenvalue weighted by Gasteiger charge is -2.14. The molecule has 1 atom stereocenters. The van der Waals surface area contributed by atoms with Crippen molar-refractivity contribution in [3.05, 3.63) is 86.6 Å². The minimum absolute atomic E-state index is 0.110. The topological polar surface area (TPSA) is 81.3 Å². The van der Waals surface area contributed by atoms with Gasteiger partial charge in [-0.3, -0.25) is 0 Å². The highest BCUT2D eigenvalue weighted by Gasteiger charge is 2.36. The molecular formula is C24H21F6N3O2S2. The first-order chi connectivity index (χ1) is 17.4. The highest BCUT2D eigenvalue weighted by molar-refractivity contribution is 7.14. The Hall–Kier alpha value is -3.00. The molecule has 4 rings (SSSR count). The van der Waals surface area contributed by atoms with E-state index in [1.54, 1.807) is 0 Å². The number of aliphatic hydroxyl groups is 1. The zero-order valence-corrected chi connectivity index (χ0v) is 20.8. The molecule has 2 heterocycles. The maximum Gasteiger partial charge on any atom is 0.425 e. The summed E-state index contributed by atoms with van der Waals surface area (Å²) in [6.07, 6.45) is -9.30. The molecule has 2 aromatic heterocycles. The van der Waals surface area contributed by atoms with Gasteiger partial charge in [0.05, 0.1) is 18.2 Å². The highest BCUT2D eigenvalue weighted by atomic mass is 32.1. The van der Waals surface area contributed by atoms with Gasteiger partial charge < -0.3 is 15.6 Å². The van der Waals surface area contributed by atoms with Gasteiger partial charge in [0.15, 0.2) is 0 Å². The second kappa shape index (κ2) is 12.0. The zero-order valence-electron chi connectivity index (χ0n) is 19.2. The van der Waals surface area contributed by atoms with Crippen LogP contribution in [0.5, 0.6) is 5.75 Å². The molecule has 0 aliphatic rings. The van der Waals surface area contributed by atoms with E-state index in [0.29, 0.717) is 11.3 Å². The van der Waals surface area contributed by atoms with E-state index in [1.165, 1.54) is 11.6 Å². The fourth-order valence-electron chi connectivity index (χ4n) is 2.88. The molecule has 0 radical (unpaired) electrons. The van der Waals surface area contributed by atoms with E-state index in [-0.39, 0.29) is 20.5 Å². The van der Waals surface area contributed by atoms with Crippen LogP contribution in [0.2, 0.25) is 0 Å². The molecule has 1 unspecified atom stereocenters. The Morgan fingerprint density at radius 3 is 2.16 bits per heavy atom. The highest BCUT2D eigenvalue weighted by Crippen LogP contribution is 2.40. The lowest BCUT2D eigenvalue weighted by molar-refractivity contribution is -0.139. The molecule has 0 aliphatic carbocycles. The molecule has 4 aromatic rings. The number of rotatable bonds is 6. The van der Waals surface area contributed by atoms with Gasteiger partial charge in [0, 0.05) is 10.4 Å². The Kier molecular flexibility index (Phi) is 9.29. The summed E-state index contributed by atoms with van der Waals surface area (Å²) in [6.45, 7) is 1.24. The van der Waals surface area contributed by atoms with Crippen molar-refractivity contribution in [3.8, 4) is 16.3 Å². The van der Waals surface area contributed by atoms with Crippen LogP contribution in [-0.4, -0.2) is 21.9 Å². The number of thiophene rings is 1. The first kappa shape index (κ1) is 28.6. The van der Waals surface area contributed by atoms with Crippen LogP contribution < -0.4 is 10.5 Å². The molecule has 198 valence electrons. The molecule has 0 spiro atoms. The number of benzene rings is 2. The van der Waals surface area contributed by atoms with E-state index in [1.807, 2.05) is 18.2 Å². The standard InChI is InChI=1S/C17H13F6N3O2S2.C7H8/c18-16(19,20)10-5-8(14-25-26-15(30-14)11(24)6-27)1-3-12(10)28-7-9-2-4-13(29-9)17(21,22)23;1-7-5-3-2-4-6-7/h1-5,11,27H,6-7,24H2;2-6H,1H3. The second-order valence-corrected chi connectivity index (χ2v) is 9.83. The minimum atomic E-state index is -4.77. The van der Waals surface area contributed by atoms with Gasteiger partial charge in [0.2, 0.25) is 0 Å². The predicted molar refractivity (Wildman–Crippen MR) is 129 cm³/mol. The Bertz CT molecular complexity index is 1290. The number of aryl methyl sites for hydroxylation is 1. The van der Waals surface area contributed by atoms with Crippen molar-refractivity contribution >= 4 is 22.7 Å². The third-order valence-electron chi connectivity index (χ3n) is 4.74. The number of aliphatic hydroxyl groups excluding tert-OH is 1. The van der Waals surface area contributed by atoms with E-state index >= 15 is 0 Å². The molecule has 0 fully saturated rings. The number of nitrogens with two attached hydrogens (primary N) is 1. The molecule has 0 saturated heterocycles. The predicted octanol–water partition coefficient (Wildman–Crippen LogP) is 6.87. The molecular weight excluding hydrogens is 540 g/mol. The summed E-state index contributed by atoms with van der Waals surface area (Å²) < 4.78 is 83.6. The van der Waals surface area contributed by atoms with E-state index in [4.69, 9.17) is 15.6 Å². The molecule has 0 amide bonds. The summed E-state index contributed by atoms with van der Waals surface area (Å²) in [5.41, 5.74) is 5.95. The van der Waals surface area contributed by atoms with Gasteiger partial charge in [-0.2, -0.15) is 26.3 Å². The molecule has 3 N–H and O–H groups in total. The van der Waals surface area contributed by atoms with E-state index < -0.39 is 47.8 Å². The van der Waals surface area contributed by atoms with Crippen LogP contribution in [0.4, 0.5) is 26.3 Å². The average Bonchev–Trinajstić information content (AvgIpc) is 3.53. The minimum Gasteiger partial charge on any atom is -0.487 e.